The quantitative estimate of drug-likeness (QED) is 0.637. The van der Waals surface area contributed by atoms with Crippen molar-refractivity contribution >= 4 is 21.9 Å². The highest BCUT2D eigenvalue weighted by atomic mass is 32.2. The molecule has 1 heterocycles. The molecular weight excluding hydrogens is 272 g/mol. The van der Waals surface area contributed by atoms with Crippen molar-refractivity contribution in [3.8, 4) is 0 Å². The zero-order chi connectivity index (χ0) is 14.3. The second-order valence-electron chi connectivity index (χ2n) is 4.41. The van der Waals surface area contributed by atoms with Crippen LogP contribution in [-0.4, -0.2) is 57.7 Å². The van der Waals surface area contributed by atoms with E-state index in [1.54, 1.807) is 4.90 Å². The number of carbonyl (C=O) groups is 2. The third-order valence-corrected chi connectivity index (χ3v) is 4.33. The van der Waals surface area contributed by atoms with Gasteiger partial charge in [0.15, 0.2) is 0 Å². The highest BCUT2D eigenvalue weighted by Crippen LogP contribution is 2.07. The summed E-state index contributed by atoms with van der Waals surface area (Å²) in [5.74, 6) is -0.826. The third-order valence-electron chi connectivity index (χ3n) is 2.92. The Morgan fingerprint density at radius 3 is 2.47 bits per heavy atom. The molecule has 1 amide bonds. The average Bonchev–Trinajstić information content (AvgIpc) is 2.89. The molecule has 1 saturated heterocycles. The second-order valence-corrected chi connectivity index (χ2v) is 6.33. The highest BCUT2D eigenvalue weighted by Gasteiger charge is 2.20. The minimum atomic E-state index is -3.52. The maximum absolute atomic E-state index is 11.6. The van der Waals surface area contributed by atoms with Crippen LogP contribution in [0.4, 0.5) is 0 Å². The minimum Gasteiger partial charge on any atom is -0.469 e. The van der Waals surface area contributed by atoms with Crippen LogP contribution in [0.15, 0.2) is 0 Å². The van der Waals surface area contributed by atoms with Gasteiger partial charge in [0.25, 0.3) is 0 Å². The molecule has 0 aromatic carbocycles. The van der Waals surface area contributed by atoms with Gasteiger partial charge in [-0.25, -0.2) is 13.1 Å². The van der Waals surface area contributed by atoms with E-state index < -0.39 is 16.0 Å². The Kier molecular flexibility index (Phi) is 6.23. The number of hydrogen-bond donors (Lipinski definition) is 1. The number of amides is 1. The molecule has 0 atom stereocenters. The Balaban J connectivity index is 2.26. The molecule has 19 heavy (non-hydrogen) atoms. The van der Waals surface area contributed by atoms with Gasteiger partial charge in [-0.2, -0.15) is 0 Å². The maximum atomic E-state index is 11.6. The molecule has 1 fully saturated rings. The fraction of sp³-hybridized carbons (Fsp3) is 0.818. The topological polar surface area (TPSA) is 92.8 Å². The zero-order valence-electron chi connectivity index (χ0n) is 11.1. The van der Waals surface area contributed by atoms with Gasteiger partial charge in [0, 0.05) is 19.5 Å². The van der Waals surface area contributed by atoms with E-state index in [0.717, 1.165) is 12.8 Å². The van der Waals surface area contributed by atoms with E-state index in [4.69, 9.17) is 0 Å². The van der Waals surface area contributed by atoms with Crippen molar-refractivity contribution in [1.82, 2.24) is 9.62 Å². The van der Waals surface area contributed by atoms with E-state index in [2.05, 4.69) is 9.46 Å². The predicted octanol–water partition coefficient (Wildman–Crippen LogP) is -0.519. The van der Waals surface area contributed by atoms with E-state index >= 15 is 0 Å². The summed E-state index contributed by atoms with van der Waals surface area (Å²) in [7, 11) is -2.26. The molecule has 1 aliphatic heterocycles. The number of rotatable bonds is 7. The lowest BCUT2D eigenvalue weighted by atomic mass is 10.3. The van der Waals surface area contributed by atoms with Gasteiger partial charge in [0.05, 0.1) is 19.4 Å². The van der Waals surface area contributed by atoms with Crippen molar-refractivity contribution in [3.05, 3.63) is 0 Å². The first-order chi connectivity index (χ1) is 8.94. The summed E-state index contributed by atoms with van der Waals surface area (Å²) in [6.45, 7) is 1.19. The zero-order valence-corrected chi connectivity index (χ0v) is 11.9. The lowest BCUT2D eigenvalue weighted by Crippen LogP contribution is -2.39. The predicted molar refractivity (Wildman–Crippen MR) is 68.9 cm³/mol. The van der Waals surface area contributed by atoms with E-state index in [9.17, 15) is 18.0 Å². The Hall–Kier alpha value is -1.15. The number of ether oxygens (including phenoxy) is 1. The number of sulfonamides is 1. The normalized spacial score (nSPS) is 15.5. The molecule has 1 N–H and O–H groups in total. The van der Waals surface area contributed by atoms with Crippen LogP contribution in [0.25, 0.3) is 0 Å². The monoisotopic (exact) mass is 292 g/mol. The van der Waals surface area contributed by atoms with Gasteiger partial charge in [0.1, 0.15) is 0 Å². The van der Waals surface area contributed by atoms with Crippen LogP contribution in [0, 0.1) is 0 Å². The summed E-state index contributed by atoms with van der Waals surface area (Å²) in [6, 6.07) is 0. The number of carbonyl (C=O) groups excluding carboxylic acids is 2. The summed E-state index contributed by atoms with van der Waals surface area (Å²) in [6.07, 6.45) is 2.17. The highest BCUT2D eigenvalue weighted by molar-refractivity contribution is 7.89. The standard InChI is InChI=1S/C11H20N2O5S/c1-18-11(15)5-4-8-19(16,17)12-9-10(14)13-6-2-3-7-13/h12H,2-9H2,1H3. The second kappa shape index (κ2) is 7.44. The van der Waals surface area contributed by atoms with Crippen LogP contribution < -0.4 is 4.72 Å². The number of methoxy groups -OCH3 is 1. The molecule has 8 heteroatoms. The minimum absolute atomic E-state index is 0.0531. The maximum Gasteiger partial charge on any atom is 0.305 e. The van der Waals surface area contributed by atoms with Crippen LogP contribution in [0.1, 0.15) is 25.7 Å². The molecule has 7 nitrogen and oxygen atoms in total. The van der Waals surface area contributed by atoms with Crippen LogP contribution >= 0.6 is 0 Å². The van der Waals surface area contributed by atoms with Gasteiger partial charge in [-0.05, 0) is 19.3 Å². The summed E-state index contributed by atoms with van der Waals surface area (Å²) in [5, 5.41) is 0. The van der Waals surface area contributed by atoms with Crippen LogP contribution in [0.5, 0.6) is 0 Å². The fourth-order valence-electron chi connectivity index (χ4n) is 1.83. The SMILES string of the molecule is COC(=O)CCCS(=O)(=O)NCC(=O)N1CCCC1. The lowest BCUT2D eigenvalue weighted by molar-refractivity contribution is -0.140. The van der Waals surface area contributed by atoms with Crippen molar-refractivity contribution in [2.45, 2.75) is 25.7 Å². The van der Waals surface area contributed by atoms with E-state index in [1.165, 1.54) is 7.11 Å². The van der Waals surface area contributed by atoms with Crippen LogP contribution in [0.3, 0.4) is 0 Å². The molecule has 0 bridgehead atoms. The van der Waals surface area contributed by atoms with Crippen molar-refractivity contribution in [1.29, 1.82) is 0 Å². The number of hydrogen-bond acceptors (Lipinski definition) is 5. The number of likely N-dealkylation sites (tertiary alicyclic amines) is 1. The molecule has 0 unspecified atom stereocenters. The van der Waals surface area contributed by atoms with E-state index in [-0.39, 0.29) is 31.0 Å². The fourth-order valence-corrected chi connectivity index (χ4v) is 2.84. The molecule has 0 spiro atoms. The van der Waals surface area contributed by atoms with Crippen LogP contribution in [0.2, 0.25) is 0 Å². The van der Waals surface area contributed by atoms with Gasteiger partial charge >= 0.3 is 5.97 Å². The van der Waals surface area contributed by atoms with E-state index in [1.807, 2.05) is 0 Å². The van der Waals surface area contributed by atoms with Gasteiger partial charge in [-0.1, -0.05) is 0 Å². The molecule has 1 aliphatic rings. The van der Waals surface area contributed by atoms with E-state index in [0.29, 0.717) is 13.1 Å². The first kappa shape index (κ1) is 15.9. The molecule has 0 aliphatic carbocycles. The molecule has 0 saturated carbocycles. The lowest BCUT2D eigenvalue weighted by Gasteiger charge is -2.15. The third kappa shape index (κ3) is 6.02. The van der Waals surface area contributed by atoms with Gasteiger partial charge in [-0.15, -0.1) is 0 Å². The number of nitrogens with zero attached hydrogens (tertiary/aromatic N) is 1. The van der Waals surface area contributed by atoms with Crippen molar-refractivity contribution in [3.63, 3.8) is 0 Å². The van der Waals surface area contributed by atoms with Crippen molar-refractivity contribution in [2.75, 3.05) is 32.5 Å². The number of esters is 1. The Morgan fingerprint density at radius 1 is 1.26 bits per heavy atom. The average molecular weight is 292 g/mol. The molecular formula is C11H20N2O5S. The Labute approximate surface area is 113 Å². The first-order valence-corrected chi connectivity index (χ1v) is 7.92. The number of nitrogens with one attached hydrogen (secondary N) is 1. The molecule has 1 rings (SSSR count). The smallest absolute Gasteiger partial charge is 0.305 e. The molecule has 0 radical (unpaired) electrons. The largest absolute Gasteiger partial charge is 0.469 e. The molecule has 0 aromatic rings. The van der Waals surface area contributed by atoms with Crippen molar-refractivity contribution in [2.24, 2.45) is 0 Å². The summed E-state index contributed by atoms with van der Waals surface area (Å²) in [5.41, 5.74) is 0. The van der Waals surface area contributed by atoms with Crippen LogP contribution in [-0.2, 0) is 24.3 Å². The first-order valence-electron chi connectivity index (χ1n) is 6.26. The Bertz CT molecular complexity index is 415. The van der Waals surface area contributed by atoms with Gasteiger partial charge < -0.3 is 9.64 Å². The van der Waals surface area contributed by atoms with Gasteiger partial charge in [0.2, 0.25) is 15.9 Å². The summed E-state index contributed by atoms with van der Waals surface area (Å²) >= 11 is 0. The van der Waals surface area contributed by atoms with Gasteiger partial charge in [-0.3, -0.25) is 9.59 Å². The molecule has 110 valence electrons. The van der Waals surface area contributed by atoms with Crippen molar-refractivity contribution < 1.29 is 22.7 Å². The molecule has 0 aromatic heterocycles. The Morgan fingerprint density at radius 2 is 1.89 bits per heavy atom. The summed E-state index contributed by atoms with van der Waals surface area (Å²) in [4.78, 5) is 24.1. The summed E-state index contributed by atoms with van der Waals surface area (Å²) < 4.78 is 29.8.